The van der Waals surface area contributed by atoms with Gasteiger partial charge in [-0.2, -0.15) is 4.98 Å². The number of aryl methyl sites for hydroxylation is 1. The van der Waals surface area contributed by atoms with Gasteiger partial charge in [0.2, 0.25) is 5.95 Å². The van der Waals surface area contributed by atoms with Gasteiger partial charge in [-0.05, 0) is 49.1 Å². The zero-order valence-corrected chi connectivity index (χ0v) is 17.6. The van der Waals surface area contributed by atoms with Gasteiger partial charge in [-0.25, -0.2) is 4.98 Å². The lowest BCUT2D eigenvalue weighted by molar-refractivity contribution is 0.354. The molecular weight excluding hydrogens is 380 g/mol. The highest BCUT2D eigenvalue weighted by Crippen LogP contribution is 2.28. The summed E-state index contributed by atoms with van der Waals surface area (Å²) in [6.07, 6.45) is 2.99. The molecule has 7 heteroatoms. The fraction of sp³-hybridized carbons (Fsp3) is 0.304. The summed E-state index contributed by atoms with van der Waals surface area (Å²) in [4.78, 5) is 8.64. The average molecular weight is 409 g/mol. The predicted octanol–water partition coefficient (Wildman–Crippen LogP) is 4.19. The second-order valence-corrected chi connectivity index (χ2v) is 6.80. The number of anilines is 2. The van der Waals surface area contributed by atoms with Crippen molar-refractivity contribution in [1.29, 1.82) is 0 Å². The summed E-state index contributed by atoms with van der Waals surface area (Å²) in [6.45, 7) is 0.793. The Morgan fingerprint density at radius 1 is 0.867 bits per heavy atom. The van der Waals surface area contributed by atoms with Crippen LogP contribution in [0.25, 0.3) is 11.3 Å². The maximum absolute atomic E-state index is 5.91. The molecule has 0 saturated heterocycles. The van der Waals surface area contributed by atoms with Crippen LogP contribution in [0.2, 0.25) is 0 Å². The van der Waals surface area contributed by atoms with Gasteiger partial charge < -0.3 is 25.3 Å². The Morgan fingerprint density at radius 3 is 2.47 bits per heavy atom. The molecular formula is C23H28N4O3. The number of aromatic nitrogens is 2. The summed E-state index contributed by atoms with van der Waals surface area (Å²) >= 11 is 0. The highest BCUT2D eigenvalue weighted by atomic mass is 16.5. The number of hydrogen-bond acceptors (Lipinski definition) is 7. The van der Waals surface area contributed by atoms with Crippen molar-refractivity contribution in [2.45, 2.75) is 19.3 Å². The molecule has 0 radical (unpaired) electrons. The summed E-state index contributed by atoms with van der Waals surface area (Å²) in [5, 5.41) is 3.34. The van der Waals surface area contributed by atoms with Gasteiger partial charge in [0.15, 0.2) is 11.5 Å². The fourth-order valence-corrected chi connectivity index (χ4v) is 3.19. The molecule has 30 heavy (non-hydrogen) atoms. The Labute approximate surface area is 177 Å². The zero-order valence-electron chi connectivity index (χ0n) is 17.6. The molecule has 2 aromatic carbocycles. The SMILES string of the molecule is COc1cccc(-c2cc(NCCCCc3ccc(OC)c(OC)c3)nc(N)n2)c1. The third-order valence-electron chi connectivity index (χ3n) is 4.76. The summed E-state index contributed by atoms with van der Waals surface area (Å²) < 4.78 is 15.9. The first-order valence-corrected chi connectivity index (χ1v) is 9.86. The predicted molar refractivity (Wildman–Crippen MR) is 119 cm³/mol. The normalized spacial score (nSPS) is 10.5. The molecule has 0 bridgehead atoms. The molecule has 0 aliphatic carbocycles. The lowest BCUT2D eigenvalue weighted by atomic mass is 10.1. The first-order chi connectivity index (χ1) is 14.6. The van der Waals surface area contributed by atoms with E-state index in [0.29, 0.717) is 5.82 Å². The minimum absolute atomic E-state index is 0.239. The monoisotopic (exact) mass is 408 g/mol. The molecule has 0 atom stereocenters. The number of nitrogens with zero attached hydrogens (tertiary/aromatic N) is 2. The van der Waals surface area contributed by atoms with E-state index < -0.39 is 0 Å². The lowest BCUT2D eigenvalue weighted by Gasteiger charge is -2.10. The van der Waals surface area contributed by atoms with Crippen molar-refractivity contribution in [3.63, 3.8) is 0 Å². The second-order valence-electron chi connectivity index (χ2n) is 6.80. The van der Waals surface area contributed by atoms with Crippen LogP contribution in [-0.2, 0) is 6.42 Å². The minimum Gasteiger partial charge on any atom is -0.497 e. The van der Waals surface area contributed by atoms with E-state index in [1.165, 1.54) is 5.56 Å². The largest absolute Gasteiger partial charge is 0.497 e. The molecule has 7 nitrogen and oxygen atoms in total. The van der Waals surface area contributed by atoms with Crippen LogP contribution >= 0.6 is 0 Å². The highest BCUT2D eigenvalue weighted by Gasteiger charge is 2.07. The zero-order chi connectivity index (χ0) is 21.3. The Balaban J connectivity index is 1.54. The standard InChI is InChI=1S/C23H28N4O3/c1-28-18-9-6-8-17(14-18)19-15-22(27-23(24)26-19)25-12-5-4-7-16-10-11-20(29-2)21(13-16)30-3/h6,8-11,13-15H,4-5,7,12H2,1-3H3,(H3,24,25,26,27). The van der Waals surface area contributed by atoms with Crippen molar-refractivity contribution in [2.75, 3.05) is 38.9 Å². The number of ether oxygens (including phenoxy) is 3. The fourth-order valence-electron chi connectivity index (χ4n) is 3.19. The van der Waals surface area contributed by atoms with Crippen molar-refractivity contribution >= 4 is 11.8 Å². The molecule has 0 unspecified atom stereocenters. The third kappa shape index (κ3) is 5.53. The van der Waals surface area contributed by atoms with Gasteiger partial charge in [0.1, 0.15) is 11.6 Å². The minimum atomic E-state index is 0.239. The first-order valence-electron chi connectivity index (χ1n) is 9.86. The maximum atomic E-state index is 5.91. The van der Waals surface area contributed by atoms with E-state index in [1.54, 1.807) is 21.3 Å². The lowest BCUT2D eigenvalue weighted by Crippen LogP contribution is -2.07. The van der Waals surface area contributed by atoms with Gasteiger partial charge in [-0.3, -0.25) is 0 Å². The van der Waals surface area contributed by atoms with Crippen LogP contribution in [0.5, 0.6) is 17.2 Å². The van der Waals surface area contributed by atoms with Gasteiger partial charge in [0.25, 0.3) is 0 Å². The topological polar surface area (TPSA) is 91.5 Å². The Bertz CT molecular complexity index is 978. The Hall–Kier alpha value is -3.48. The van der Waals surface area contributed by atoms with Gasteiger partial charge >= 0.3 is 0 Å². The van der Waals surface area contributed by atoms with Crippen molar-refractivity contribution in [1.82, 2.24) is 9.97 Å². The molecule has 1 heterocycles. The molecule has 0 saturated carbocycles. The van der Waals surface area contributed by atoms with Crippen LogP contribution in [-0.4, -0.2) is 37.8 Å². The van der Waals surface area contributed by atoms with Crippen LogP contribution in [0.3, 0.4) is 0 Å². The maximum Gasteiger partial charge on any atom is 0.222 e. The van der Waals surface area contributed by atoms with E-state index >= 15 is 0 Å². The quantitative estimate of drug-likeness (QED) is 0.486. The van der Waals surface area contributed by atoms with Gasteiger partial charge in [-0.1, -0.05) is 18.2 Å². The number of unbranched alkanes of at least 4 members (excludes halogenated alkanes) is 1. The number of nitrogen functional groups attached to an aromatic ring is 1. The molecule has 1 aromatic heterocycles. The Kier molecular flexibility index (Phi) is 7.32. The van der Waals surface area contributed by atoms with Crippen LogP contribution in [0.15, 0.2) is 48.5 Å². The van der Waals surface area contributed by atoms with Crippen molar-refractivity contribution in [2.24, 2.45) is 0 Å². The van der Waals surface area contributed by atoms with Crippen molar-refractivity contribution in [3.8, 4) is 28.5 Å². The second kappa shape index (κ2) is 10.3. The highest BCUT2D eigenvalue weighted by molar-refractivity contribution is 5.65. The van der Waals surface area contributed by atoms with Crippen LogP contribution in [0.4, 0.5) is 11.8 Å². The molecule has 0 amide bonds. The number of benzene rings is 2. The van der Waals surface area contributed by atoms with E-state index in [2.05, 4.69) is 21.4 Å². The molecule has 0 aliphatic heterocycles. The molecule has 158 valence electrons. The first kappa shape index (κ1) is 21.2. The molecule has 0 fully saturated rings. The van der Waals surface area contributed by atoms with E-state index in [0.717, 1.165) is 54.3 Å². The average Bonchev–Trinajstić information content (AvgIpc) is 2.78. The number of methoxy groups -OCH3 is 3. The Morgan fingerprint density at radius 2 is 1.70 bits per heavy atom. The smallest absolute Gasteiger partial charge is 0.222 e. The summed E-state index contributed by atoms with van der Waals surface area (Å²) in [5.41, 5.74) is 8.82. The van der Waals surface area contributed by atoms with Crippen molar-refractivity contribution in [3.05, 3.63) is 54.1 Å². The molecule has 0 spiro atoms. The molecule has 3 aromatic rings. The van der Waals surface area contributed by atoms with Gasteiger partial charge in [0, 0.05) is 18.2 Å². The van der Waals surface area contributed by atoms with Crippen LogP contribution < -0.4 is 25.3 Å². The third-order valence-corrected chi connectivity index (χ3v) is 4.76. The van der Waals surface area contributed by atoms with E-state index in [9.17, 15) is 0 Å². The molecule has 3 rings (SSSR count). The summed E-state index contributed by atoms with van der Waals surface area (Å²) in [5.74, 6) is 3.23. The molecule has 0 aliphatic rings. The van der Waals surface area contributed by atoms with E-state index in [-0.39, 0.29) is 5.95 Å². The van der Waals surface area contributed by atoms with Crippen molar-refractivity contribution < 1.29 is 14.2 Å². The number of hydrogen-bond donors (Lipinski definition) is 2. The van der Waals surface area contributed by atoms with Crippen LogP contribution in [0.1, 0.15) is 18.4 Å². The number of nitrogens with one attached hydrogen (secondary N) is 1. The van der Waals surface area contributed by atoms with Crippen LogP contribution in [0, 0.1) is 0 Å². The number of nitrogens with two attached hydrogens (primary N) is 1. The number of rotatable bonds is 10. The van der Waals surface area contributed by atoms with E-state index in [1.807, 2.05) is 42.5 Å². The van der Waals surface area contributed by atoms with Gasteiger partial charge in [0.05, 0.1) is 27.0 Å². The van der Waals surface area contributed by atoms with Gasteiger partial charge in [-0.15, -0.1) is 0 Å². The summed E-state index contributed by atoms with van der Waals surface area (Å²) in [6, 6.07) is 15.7. The summed E-state index contributed by atoms with van der Waals surface area (Å²) in [7, 11) is 4.93. The molecule has 3 N–H and O–H groups in total. The van der Waals surface area contributed by atoms with E-state index in [4.69, 9.17) is 19.9 Å².